The number of alkyl halides is 1. The molecule has 0 aliphatic carbocycles. The van der Waals surface area contributed by atoms with Crippen LogP contribution in [0.3, 0.4) is 0 Å². The SMILES string of the molecule is C#CC(O)(CCl)c1ccncc1. The van der Waals surface area contributed by atoms with Crippen molar-refractivity contribution < 1.29 is 5.11 Å². The van der Waals surface area contributed by atoms with Crippen molar-refractivity contribution in [3.63, 3.8) is 0 Å². The molecule has 1 N–H and O–H groups in total. The highest BCUT2D eigenvalue weighted by molar-refractivity contribution is 6.18. The van der Waals surface area contributed by atoms with Gasteiger partial charge in [0.2, 0.25) is 0 Å². The second-order valence-electron chi connectivity index (χ2n) is 2.37. The van der Waals surface area contributed by atoms with Crippen LogP contribution in [0.1, 0.15) is 5.56 Å². The normalized spacial score (nSPS) is 14.8. The van der Waals surface area contributed by atoms with Crippen molar-refractivity contribution in [1.29, 1.82) is 0 Å². The highest BCUT2D eigenvalue weighted by Crippen LogP contribution is 2.20. The average molecular weight is 182 g/mol. The lowest BCUT2D eigenvalue weighted by molar-refractivity contribution is 0.126. The Morgan fingerprint density at radius 3 is 2.58 bits per heavy atom. The standard InChI is InChI=1S/C9H8ClNO/c1-2-9(12,7-10)8-3-5-11-6-4-8/h1,3-6,12H,7H2. The molecule has 12 heavy (non-hydrogen) atoms. The Hall–Kier alpha value is -1.04. The summed E-state index contributed by atoms with van der Waals surface area (Å²) in [5, 5.41) is 9.70. The van der Waals surface area contributed by atoms with Gasteiger partial charge in [0, 0.05) is 12.4 Å². The summed E-state index contributed by atoms with van der Waals surface area (Å²) in [5.41, 5.74) is -0.778. The first-order chi connectivity index (χ1) is 5.73. The van der Waals surface area contributed by atoms with Crippen LogP contribution < -0.4 is 0 Å². The second-order valence-corrected chi connectivity index (χ2v) is 2.64. The molecule has 1 aromatic rings. The van der Waals surface area contributed by atoms with Gasteiger partial charge in [0.05, 0.1) is 5.88 Å². The summed E-state index contributed by atoms with van der Waals surface area (Å²) in [5.74, 6) is 2.22. The van der Waals surface area contributed by atoms with Crippen LogP contribution in [0.5, 0.6) is 0 Å². The van der Waals surface area contributed by atoms with E-state index >= 15 is 0 Å². The maximum atomic E-state index is 9.70. The van der Waals surface area contributed by atoms with Gasteiger partial charge >= 0.3 is 0 Å². The Morgan fingerprint density at radius 1 is 1.58 bits per heavy atom. The van der Waals surface area contributed by atoms with E-state index in [0.29, 0.717) is 5.56 Å². The third kappa shape index (κ3) is 1.58. The Kier molecular flexibility index (Phi) is 2.69. The number of hydrogen-bond acceptors (Lipinski definition) is 2. The Balaban J connectivity index is 3.06. The summed E-state index contributed by atoms with van der Waals surface area (Å²) in [6, 6.07) is 3.28. The topological polar surface area (TPSA) is 33.1 Å². The molecule has 0 saturated heterocycles. The molecule has 0 amide bonds. The molecule has 0 fully saturated rings. The van der Waals surface area contributed by atoms with E-state index in [-0.39, 0.29) is 5.88 Å². The number of rotatable bonds is 2. The fourth-order valence-electron chi connectivity index (χ4n) is 0.827. The van der Waals surface area contributed by atoms with Crippen LogP contribution in [0.25, 0.3) is 0 Å². The number of aliphatic hydroxyl groups is 1. The van der Waals surface area contributed by atoms with Crippen molar-refractivity contribution in [1.82, 2.24) is 4.98 Å². The minimum atomic E-state index is -1.37. The van der Waals surface area contributed by atoms with Crippen LogP contribution in [0.15, 0.2) is 24.5 Å². The summed E-state index contributed by atoms with van der Waals surface area (Å²) in [6.45, 7) is 0. The number of hydrogen-bond donors (Lipinski definition) is 1. The number of pyridine rings is 1. The molecule has 0 spiro atoms. The maximum absolute atomic E-state index is 9.70. The minimum absolute atomic E-state index is 0.0203. The quantitative estimate of drug-likeness (QED) is 0.549. The predicted octanol–water partition coefficient (Wildman–Crippen LogP) is 1.14. The maximum Gasteiger partial charge on any atom is 0.164 e. The zero-order valence-corrected chi connectivity index (χ0v) is 7.12. The van der Waals surface area contributed by atoms with Crippen molar-refractivity contribution in [3.05, 3.63) is 30.1 Å². The predicted molar refractivity (Wildman–Crippen MR) is 47.7 cm³/mol. The van der Waals surface area contributed by atoms with Crippen molar-refractivity contribution in [2.75, 3.05) is 5.88 Å². The van der Waals surface area contributed by atoms with E-state index in [9.17, 15) is 5.11 Å². The van der Waals surface area contributed by atoms with Gasteiger partial charge in [0.25, 0.3) is 0 Å². The van der Waals surface area contributed by atoms with E-state index in [0.717, 1.165) is 0 Å². The number of aromatic nitrogens is 1. The van der Waals surface area contributed by atoms with Crippen LogP contribution >= 0.6 is 11.6 Å². The van der Waals surface area contributed by atoms with Gasteiger partial charge in [-0.25, -0.2) is 0 Å². The molecule has 0 bridgehead atoms. The first-order valence-electron chi connectivity index (χ1n) is 3.39. The monoisotopic (exact) mass is 181 g/mol. The molecule has 0 saturated carbocycles. The van der Waals surface area contributed by atoms with Gasteiger partial charge in [0.1, 0.15) is 0 Å². The summed E-state index contributed by atoms with van der Waals surface area (Å²) >= 11 is 5.53. The van der Waals surface area contributed by atoms with Crippen LogP contribution in [-0.4, -0.2) is 16.0 Å². The third-order valence-electron chi connectivity index (χ3n) is 1.59. The fraction of sp³-hybridized carbons (Fsp3) is 0.222. The number of nitrogens with zero attached hydrogens (tertiary/aromatic N) is 1. The summed E-state index contributed by atoms with van der Waals surface area (Å²) in [7, 11) is 0. The van der Waals surface area contributed by atoms with Crippen molar-refractivity contribution in [2.24, 2.45) is 0 Å². The van der Waals surface area contributed by atoms with Gasteiger partial charge in [-0.3, -0.25) is 4.98 Å². The molecule has 1 rings (SSSR count). The van der Waals surface area contributed by atoms with E-state index < -0.39 is 5.60 Å². The molecule has 1 atom stereocenters. The molecule has 1 heterocycles. The van der Waals surface area contributed by atoms with Crippen molar-refractivity contribution in [3.8, 4) is 12.3 Å². The molecule has 0 aliphatic rings. The number of terminal acetylenes is 1. The average Bonchev–Trinajstić information content (AvgIpc) is 2.18. The molecular formula is C9H8ClNO. The van der Waals surface area contributed by atoms with Gasteiger partial charge < -0.3 is 5.11 Å². The molecular weight excluding hydrogens is 174 g/mol. The van der Waals surface area contributed by atoms with Gasteiger partial charge in [-0.05, 0) is 17.7 Å². The second kappa shape index (κ2) is 3.57. The summed E-state index contributed by atoms with van der Waals surface area (Å²) < 4.78 is 0. The molecule has 2 nitrogen and oxygen atoms in total. The van der Waals surface area contributed by atoms with Gasteiger partial charge in [-0.1, -0.05) is 5.92 Å². The largest absolute Gasteiger partial charge is 0.372 e. The molecule has 1 aromatic heterocycles. The fourth-order valence-corrected chi connectivity index (χ4v) is 1.06. The van der Waals surface area contributed by atoms with Crippen molar-refractivity contribution in [2.45, 2.75) is 5.60 Å². The first kappa shape index (κ1) is 9.05. The van der Waals surface area contributed by atoms with E-state index in [4.69, 9.17) is 18.0 Å². The zero-order chi connectivity index (χ0) is 9.03. The van der Waals surface area contributed by atoms with E-state index in [2.05, 4.69) is 10.9 Å². The molecule has 0 aliphatic heterocycles. The lowest BCUT2D eigenvalue weighted by Crippen LogP contribution is -2.25. The number of halogens is 1. The molecule has 62 valence electrons. The van der Waals surface area contributed by atoms with Crippen LogP contribution in [-0.2, 0) is 5.60 Å². The minimum Gasteiger partial charge on any atom is -0.372 e. The van der Waals surface area contributed by atoms with Crippen LogP contribution in [0, 0.1) is 12.3 Å². The highest BCUT2D eigenvalue weighted by atomic mass is 35.5. The van der Waals surface area contributed by atoms with Crippen LogP contribution in [0.2, 0.25) is 0 Å². The molecule has 3 heteroatoms. The molecule has 0 aromatic carbocycles. The van der Waals surface area contributed by atoms with E-state index in [1.807, 2.05) is 0 Å². The van der Waals surface area contributed by atoms with Gasteiger partial charge in [-0.15, -0.1) is 18.0 Å². The Morgan fingerprint density at radius 2 is 2.17 bits per heavy atom. The molecule has 0 radical (unpaired) electrons. The highest BCUT2D eigenvalue weighted by Gasteiger charge is 2.24. The Bertz CT molecular complexity index is 293. The van der Waals surface area contributed by atoms with E-state index in [1.165, 1.54) is 0 Å². The zero-order valence-electron chi connectivity index (χ0n) is 6.37. The van der Waals surface area contributed by atoms with Gasteiger partial charge in [-0.2, -0.15) is 0 Å². The Labute approximate surface area is 76.2 Å². The third-order valence-corrected chi connectivity index (χ3v) is 1.98. The summed E-state index contributed by atoms with van der Waals surface area (Å²) in [4.78, 5) is 3.80. The smallest absolute Gasteiger partial charge is 0.164 e. The van der Waals surface area contributed by atoms with Gasteiger partial charge in [0.15, 0.2) is 5.60 Å². The lowest BCUT2D eigenvalue weighted by atomic mass is 9.98. The first-order valence-corrected chi connectivity index (χ1v) is 3.93. The molecule has 1 unspecified atom stereocenters. The van der Waals surface area contributed by atoms with Crippen LogP contribution in [0.4, 0.5) is 0 Å². The summed E-state index contributed by atoms with van der Waals surface area (Å²) in [6.07, 6.45) is 8.26. The lowest BCUT2D eigenvalue weighted by Gasteiger charge is -2.18. The van der Waals surface area contributed by atoms with Crippen molar-refractivity contribution >= 4 is 11.6 Å². The van der Waals surface area contributed by atoms with E-state index in [1.54, 1.807) is 24.5 Å².